The molecule has 0 unspecified atom stereocenters. The van der Waals surface area contributed by atoms with E-state index in [4.69, 9.17) is 16.0 Å². The van der Waals surface area contributed by atoms with E-state index in [-0.39, 0.29) is 36.0 Å². The van der Waals surface area contributed by atoms with Gasteiger partial charge in [0, 0.05) is 11.1 Å². The fraction of sp³-hybridized carbons (Fsp3) is 0.167. The second-order valence-corrected chi connectivity index (χ2v) is 7.88. The van der Waals surface area contributed by atoms with E-state index >= 15 is 0 Å². The van der Waals surface area contributed by atoms with Crippen molar-refractivity contribution in [1.82, 2.24) is 9.88 Å². The Bertz CT molecular complexity index is 1300. The van der Waals surface area contributed by atoms with Gasteiger partial charge in [0.25, 0.3) is 5.56 Å². The van der Waals surface area contributed by atoms with Crippen LogP contribution in [0.3, 0.4) is 0 Å². The average molecular weight is 439 g/mol. The van der Waals surface area contributed by atoms with Crippen LogP contribution in [-0.4, -0.2) is 15.8 Å². The fourth-order valence-electron chi connectivity index (χ4n) is 3.45. The second kappa shape index (κ2) is 8.78. The average Bonchev–Trinajstić information content (AvgIpc) is 3.24. The normalized spacial score (nSPS) is 11.1. The maximum Gasteiger partial charge on any atom is 0.253 e. The summed E-state index contributed by atoms with van der Waals surface area (Å²) in [7, 11) is 0. The topological polar surface area (TPSA) is 66.3 Å². The zero-order chi connectivity index (χ0) is 22.0. The van der Waals surface area contributed by atoms with Gasteiger partial charge in [-0.15, -0.1) is 0 Å². The Morgan fingerprint density at radius 1 is 1.13 bits per heavy atom. The number of nitrogens with one attached hydrogen (secondary N) is 1. The number of amides is 1. The number of fused-ring (bicyclic) bond motifs is 1. The van der Waals surface area contributed by atoms with Crippen LogP contribution in [0.25, 0.3) is 10.9 Å². The van der Waals surface area contributed by atoms with Crippen LogP contribution in [0.5, 0.6) is 0 Å². The van der Waals surface area contributed by atoms with Crippen LogP contribution in [0.15, 0.2) is 70.1 Å². The first-order valence-corrected chi connectivity index (χ1v) is 10.1. The maximum absolute atomic E-state index is 13.5. The van der Waals surface area contributed by atoms with Gasteiger partial charge < -0.3 is 14.3 Å². The highest BCUT2D eigenvalue weighted by Crippen LogP contribution is 2.19. The van der Waals surface area contributed by atoms with Gasteiger partial charge in [0.05, 0.1) is 30.8 Å². The number of nitrogens with zero attached hydrogens (tertiary/aromatic N) is 1. The van der Waals surface area contributed by atoms with Crippen molar-refractivity contribution in [2.24, 2.45) is 0 Å². The van der Waals surface area contributed by atoms with E-state index < -0.39 is 5.82 Å². The third-order valence-corrected chi connectivity index (χ3v) is 5.35. The quantitative estimate of drug-likeness (QED) is 0.461. The lowest BCUT2D eigenvalue weighted by Gasteiger charge is -2.22. The molecule has 0 saturated carbocycles. The highest BCUT2D eigenvalue weighted by molar-refractivity contribution is 6.30. The number of aromatic amines is 1. The summed E-state index contributed by atoms with van der Waals surface area (Å²) in [5, 5.41) is 0.856. The first kappa shape index (κ1) is 20.9. The fourth-order valence-corrected chi connectivity index (χ4v) is 3.66. The lowest BCUT2D eigenvalue weighted by atomic mass is 10.1. The first-order chi connectivity index (χ1) is 14.9. The van der Waals surface area contributed by atoms with Crippen LogP contribution < -0.4 is 5.56 Å². The maximum atomic E-state index is 13.5. The van der Waals surface area contributed by atoms with E-state index in [1.165, 1.54) is 24.5 Å². The molecule has 0 atom stereocenters. The van der Waals surface area contributed by atoms with Gasteiger partial charge in [0.2, 0.25) is 5.91 Å². The molecule has 5 nitrogen and oxygen atoms in total. The van der Waals surface area contributed by atoms with Crippen LogP contribution in [0, 0.1) is 12.7 Å². The van der Waals surface area contributed by atoms with Crippen molar-refractivity contribution < 1.29 is 13.6 Å². The Balaban J connectivity index is 1.64. The standard InChI is InChI=1S/C24H20ClFN2O3/c1-15-4-7-22-17(9-15)12-18(24(30)27-22)13-28(14-19-3-2-8-31-19)23(29)11-16-5-6-21(26)20(25)10-16/h2-10,12H,11,13-14H2,1H3,(H,27,30). The third kappa shape index (κ3) is 4.86. The highest BCUT2D eigenvalue weighted by Gasteiger charge is 2.19. The predicted octanol–water partition coefficient (Wildman–Crippen LogP) is 4.99. The molecule has 2 aromatic carbocycles. The van der Waals surface area contributed by atoms with Gasteiger partial charge in [0.1, 0.15) is 11.6 Å². The second-order valence-electron chi connectivity index (χ2n) is 7.47. The third-order valence-electron chi connectivity index (χ3n) is 5.06. The van der Waals surface area contributed by atoms with E-state index in [9.17, 15) is 14.0 Å². The number of pyridine rings is 1. The molecule has 2 heterocycles. The molecule has 4 rings (SSSR count). The van der Waals surface area contributed by atoms with Crippen LogP contribution in [0.4, 0.5) is 4.39 Å². The van der Waals surface area contributed by atoms with Gasteiger partial charge >= 0.3 is 0 Å². The number of halogens is 2. The van der Waals surface area contributed by atoms with Gasteiger partial charge in [-0.1, -0.05) is 29.3 Å². The summed E-state index contributed by atoms with van der Waals surface area (Å²) in [6.07, 6.45) is 1.55. The number of benzene rings is 2. The van der Waals surface area contributed by atoms with Gasteiger partial charge in [-0.3, -0.25) is 9.59 Å². The molecule has 1 N–H and O–H groups in total. The van der Waals surface area contributed by atoms with E-state index in [2.05, 4.69) is 4.98 Å². The summed E-state index contributed by atoms with van der Waals surface area (Å²) in [5.41, 5.74) is 2.61. The summed E-state index contributed by atoms with van der Waals surface area (Å²) in [6.45, 7) is 2.28. The van der Waals surface area contributed by atoms with Gasteiger partial charge in [-0.2, -0.15) is 0 Å². The number of carbonyl (C=O) groups excluding carboxylic acids is 1. The molecule has 0 saturated heterocycles. The van der Waals surface area contributed by atoms with E-state index in [0.29, 0.717) is 16.9 Å². The molecule has 0 radical (unpaired) electrons. The molecule has 158 valence electrons. The lowest BCUT2D eigenvalue weighted by Crippen LogP contribution is -2.33. The van der Waals surface area contributed by atoms with Crippen LogP contribution in [0.1, 0.15) is 22.5 Å². The Hall–Kier alpha value is -3.38. The van der Waals surface area contributed by atoms with Crippen molar-refractivity contribution in [1.29, 1.82) is 0 Å². The number of hydrogen-bond donors (Lipinski definition) is 1. The number of aryl methyl sites for hydroxylation is 1. The van der Waals surface area contributed by atoms with Gasteiger partial charge in [-0.25, -0.2) is 4.39 Å². The van der Waals surface area contributed by atoms with Crippen LogP contribution in [0.2, 0.25) is 5.02 Å². The van der Waals surface area contributed by atoms with Crippen molar-refractivity contribution >= 4 is 28.4 Å². The number of hydrogen-bond acceptors (Lipinski definition) is 3. The molecular weight excluding hydrogens is 419 g/mol. The lowest BCUT2D eigenvalue weighted by molar-refractivity contribution is -0.132. The minimum Gasteiger partial charge on any atom is -0.467 e. The molecular formula is C24H20ClFN2O3. The van der Waals surface area contributed by atoms with Crippen LogP contribution >= 0.6 is 11.6 Å². The molecule has 4 aromatic rings. The van der Waals surface area contributed by atoms with Gasteiger partial charge in [-0.05, 0) is 60.3 Å². The summed E-state index contributed by atoms with van der Waals surface area (Å²) in [6, 6.07) is 15.3. The van der Waals surface area contributed by atoms with Crippen LogP contribution in [-0.2, 0) is 24.3 Å². The summed E-state index contributed by atoms with van der Waals surface area (Å²) >= 11 is 5.85. The van der Waals surface area contributed by atoms with E-state index in [0.717, 1.165) is 16.5 Å². The Morgan fingerprint density at radius 3 is 2.71 bits per heavy atom. The molecule has 1 amide bonds. The number of furan rings is 1. The smallest absolute Gasteiger partial charge is 0.253 e. The SMILES string of the molecule is Cc1ccc2[nH]c(=O)c(CN(Cc3ccco3)C(=O)Cc3ccc(F)c(Cl)c3)cc2c1. The molecule has 0 aliphatic heterocycles. The first-order valence-electron chi connectivity index (χ1n) is 9.76. The number of aromatic nitrogens is 1. The minimum absolute atomic E-state index is 0.0191. The Morgan fingerprint density at radius 2 is 1.97 bits per heavy atom. The molecule has 0 bridgehead atoms. The summed E-state index contributed by atoms with van der Waals surface area (Å²) in [5.74, 6) is -0.176. The molecule has 0 aliphatic carbocycles. The molecule has 2 aromatic heterocycles. The van der Waals surface area contributed by atoms with Crippen molar-refractivity contribution in [2.45, 2.75) is 26.4 Å². The monoisotopic (exact) mass is 438 g/mol. The molecule has 31 heavy (non-hydrogen) atoms. The number of rotatable bonds is 6. The van der Waals surface area contributed by atoms with Gasteiger partial charge in [0.15, 0.2) is 0 Å². The number of carbonyl (C=O) groups is 1. The summed E-state index contributed by atoms with van der Waals surface area (Å²) < 4.78 is 18.9. The molecule has 0 spiro atoms. The zero-order valence-electron chi connectivity index (χ0n) is 16.8. The molecule has 7 heteroatoms. The zero-order valence-corrected chi connectivity index (χ0v) is 17.6. The molecule has 0 aliphatic rings. The van der Waals surface area contributed by atoms with Crippen molar-refractivity contribution in [3.05, 3.63) is 105 Å². The van der Waals surface area contributed by atoms with E-state index in [1.807, 2.05) is 25.1 Å². The Labute approximate surface area is 183 Å². The van der Waals surface area contributed by atoms with Crippen molar-refractivity contribution in [2.75, 3.05) is 0 Å². The number of H-pyrrole nitrogens is 1. The largest absolute Gasteiger partial charge is 0.467 e. The molecule has 0 fully saturated rings. The van der Waals surface area contributed by atoms with E-state index in [1.54, 1.807) is 23.1 Å². The summed E-state index contributed by atoms with van der Waals surface area (Å²) in [4.78, 5) is 30.2. The Kier molecular flexibility index (Phi) is 5.91. The van der Waals surface area contributed by atoms with Crippen molar-refractivity contribution in [3.8, 4) is 0 Å². The highest BCUT2D eigenvalue weighted by atomic mass is 35.5. The van der Waals surface area contributed by atoms with Crippen molar-refractivity contribution in [3.63, 3.8) is 0 Å². The minimum atomic E-state index is -0.539. The predicted molar refractivity (Wildman–Crippen MR) is 117 cm³/mol.